The van der Waals surface area contributed by atoms with Gasteiger partial charge in [-0.25, -0.2) is 4.39 Å². The van der Waals surface area contributed by atoms with Crippen LogP contribution < -0.4 is 15.4 Å². The third kappa shape index (κ3) is 3.00. The number of benzene rings is 1. The van der Waals surface area contributed by atoms with Crippen molar-refractivity contribution in [2.75, 3.05) is 30.8 Å². The molecule has 4 nitrogen and oxygen atoms in total. The molecule has 0 aliphatic carbocycles. The van der Waals surface area contributed by atoms with E-state index in [2.05, 4.69) is 0 Å². The van der Waals surface area contributed by atoms with Crippen molar-refractivity contribution in [3.05, 3.63) is 17.9 Å². The lowest BCUT2D eigenvalue weighted by Gasteiger charge is -2.23. The fraction of sp³-hybridized carbons (Fsp3) is 0.417. The smallest absolute Gasteiger partial charge is 0.148 e. The summed E-state index contributed by atoms with van der Waals surface area (Å²) < 4.78 is 18.8. The molecule has 0 amide bonds. The molecular formula is C12H16FN3O. The lowest BCUT2D eigenvalue weighted by molar-refractivity contribution is 0.416. The van der Waals surface area contributed by atoms with Crippen molar-refractivity contribution < 1.29 is 9.13 Å². The van der Waals surface area contributed by atoms with Crippen molar-refractivity contribution in [1.29, 1.82) is 5.26 Å². The number of anilines is 2. The summed E-state index contributed by atoms with van der Waals surface area (Å²) in [5.74, 6) is 0.0416. The second-order valence-electron chi connectivity index (χ2n) is 3.53. The molecule has 0 saturated heterocycles. The highest BCUT2D eigenvalue weighted by Gasteiger charge is 2.13. The second kappa shape index (κ2) is 5.94. The van der Waals surface area contributed by atoms with Crippen molar-refractivity contribution >= 4 is 11.4 Å². The number of nitrogens with two attached hydrogens (primary N) is 1. The maximum absolute atomic E-state index is 13.8. The average Bonchev–Trinajstić information content (AvgIpc) is 2.32. The van der Waals surface area contributed by atoms with Crippen molar-refractivity contribution in [3.63, 3.8) is 0 Å². The highest BCUT2D eigenvalue weighted by Crippen LogP contribution is 2.30. The number of rotatable bonds is 5. The van der Waals surface area contributed by atoms with Crippen molar-refractivity contribution in [1.82, 2.24) is 0 Å². The van der Waals surface area contributed by atoms with E-state index in [1.807, 2.05) is 13.0 Å². The molecule has 0 fully saturated rings. The van der Waals surface area contributed by atoms with Gasteiger partial charge in [-0.05, 0) is 6.92 Å². The van der Waals surface area contributed by atoms with Crippen LogP contribution in [0.1, 0.15) is 13.3 Å². The Balaban J connectivity index is 3.06. The number of ether oxygens (including phenoxy) is 1. The van der Waals surface area contributed by atoms with Gasteiger partial charge in [-0.3, -0.25) is 0 Å². The summed E-state index contributed by atoms with van der Waals surface area (Å²) >= 11 is 0. The van der Waals surface area contributed by atoms with Crippen molar-refractivity contribution in [2.45, 2.75) is 13.3 Å². The summed E-state index contributed by atoms with van der Waals surface area (Å²) in [5, 5.41) is 8.56. The van der Waals surface area contributed by atoms with Gasteiger partial charge in [0.15, 0.2) is 0 Å². The topological polar surface area (TPSA) is 62.3 Å². The van der Waals surface area contributed by atoms with E-state index in [9.17, 15) is 4.39 Å². The van der Waals surface area contributed by atoms with Gasteiger partial charge in [0.05, 0.1) is 31.0 Å². The fourth-order valence-corrected chi connectivity index (χ4v) is 1.61. The molecule has 17 heavy (non-hydrogen) atoms. The third-order valence-electron chi connectivity index (χ3n) is 2.52. The van der Waals surface area contributed by atoms with Crippen LogP contribution in [0.2, 0.25) is 0 Å². The van der Waals surface area contributed by atoms with E-state index in [-0.39, 0.29) is 5.69 Å². The summed E-state index contributed by atoms with van der Waals surface area (Å²) in [6, 6.07) is 4.84. The van der Waals surface area contributed by atoms with Gasteiger partial charge in [-0.2, -0.15) is 5.26 Å². The lowest BCUT2D eigenvalue weighted by atomic mass is 10.2. The number of nitriles is 1. The predicted octanol–water partition coefficient (Wildman–Crippen LogP) is 2.16. The molecule has 0 aliphatic rings. The van der Waals surface area contributed by atoms with Crippen LogP contribution in [0.25, 0.3) is 0 Å². The number of hydrogen-bond donors (Lipinski definition) is 1. The zero-order valence-electron chi connectivity index (χ0n) is 10.0. The summed E-state index contributed by atoms with van der Waals surface area (Å²) in [5.41, 5.74) is 6.29. The molecular weight excluding hydrogens is 221 g/mol. The summed E-state index contributed by atoms with van der Waals surface area (Å²) in [6.07, 6.45) is 0.347. The van der Waals surface area contributed by atoms with Crippen LogP contribution in [-0.2, 0) is 0 Å². The first-order valence-corrected chi connectivity index (χ1v) is 5.39. The monoisotopic (exact) mass is 237 g/mol. The molecule has 1 aromatic rings. The Hall–Kier alpha value is -1.96. The quantitative estimate of drug-likeness (QED) is 0.797. The van der Waals surface area contributed by atoms with Gasteiger partial charge in [0.25, 0.3) is 0 Å². The molecule has 92 valence electrons. The minimum absolute atomic E-state index is 0.269. The van der Waals surface area contributed by atoms with E-state index in [1.165, 1.54) is 13.2 Å². The molecule has 1 aromatic carbocycles. The molecule has 1 rings (SSSR count). The van der Waals surface area contributed by atoms with Gasteiger partial charge in [-0.1, -0.05) is 0 Å². The van der Waals surface area contributed by atoms with Crippen LogP contribution >= 0.6 is 0 Å². The van der Waals surface area contributed by atoms with Crippen molar-refractivity contribution in [3.8, 4) is 11.8 Å². The van der Waals surface area contributed by atoms with Gasteiger partial charge in [0, 0.05) is 25.2 Å². The summed E-state index contributed by atoms with van der Waals surface area (Å²) in [7, 11) is 1.49. The molecule has 0 radical (unpaired) electrons. The third-order valence-corrected chi connectivity index (χ3v) is 2.52. The molecule has 0 heterocycles. The SMILES string of the molecule is CCN(CCC#N)c1cc(OC)c(N)cc1F. The van der Waals surface area contributed by atoms with E-state index >= 15 is 0 Å². The first-order chi connectivity index (χ1) is 8.13. The minimum atomic E-state index is -0.400. The Labute approximate surface area is 100 Å². The molecule has 5 heteroatoms. The first-order valence-electron chi connectivity index (χ1n) is 5.39. The van der Waals surface area contributed by atoms with Crippen LogP contribution in [0, 0.1) is 17.1 Å². The van der Waals surface area contributed by atoms with Gasteiger partial charge >= 0.3 is 0 Å². The fourth-order valence-electron chi connectivity index (χ4n) is 1.61. The van der Waals surface area contributed by atoms with Crippen LogP contribution in [0.4, 0.5) is 15.8 Å². The maximum atomic E-state index is 13.8. The van der Waals surface area contributed by atoms with Gasteiger partial charge < -0.3 is 15.4 Å². The average molecular weight is 237 g/mol. The minimum Gasteiger partial charge on any atom is -0.495 e. The number of nitrogen functional groups attached to an aromatic ring is 1. The Morgan fingerprint density at radius 2 is 2.24 bits per heavy atom. The van der Waals surface area contributed by atoms with Gasteiger partial charge in [-0.15, -0.1) is 0 Å². The number of hydrogen-bond acceptors (Lipinski definition) is 4. The number of nitrogens with zero attached hydrogens (tertiary/aromatic N) is 2. The zero-order chi connectivity index (χ0) is 12.8. The number of methoxy groups -OCH3 is 1. The van der Waals surface area contributed by atoms with E-state index < -0.39 is 5.82 Å². The zero-order valence-corrected chi connectivity index (χ0v) is 10.0. The van der Waals surface area contributed by atoms with Crippen molar-refractivity contribution in [2.24, 2.45) is 0 Å². The Morgan fingerprint density at radius 1 is 1.53 bits per heavy atom. The first kappa shape index (κ1) is 13.1. The Bertz CT molecular complexity index is 428. The van der Waals surface area contributed by atoms with E-state index in [4.69, 9.17) is 15.7 Å². The van der Waals surface area contributed by atoms with Crippen LogP contribution in [0.5, 0.6) is 5.75 Å². The highest BCUT2D eigenvalue weighted by molar-refractivity contribution is 5.63. The normalized spacial score (nSPS) is 9.76. The van der Waals surface area contributed by atoms with Crippen LogP contribution in [-0.4, -0.2) is 20.2 Å². The standard InChI is InChI=1S/C12H16FN3O/c1-3-16(6-4-5-14)11-8-12(17-2)10(15)7-9(11)13/h7-8H,3-4,6,15H2,1-2H3. The molecule has 2 N–H and O–H groups in total. The summed E-state index contributed by atoms with van der Waals surface area (Å²) in [4.78, 5) is 1.78. The number of halogens is 1. The molecule has 0 aliphatic heterocycles. The Kier molecular flexibility index (Phi) is 4.58. The van der Waals surface area contributed by atoms with Gasteiger partial charge in [0.1, 0.15) is 11.6 Å². The van der Waals surface area contributed by atoms with Crippen LogP contribution in [0.3, 0.4) is 0 Å². The van der Waals surface area contributed by atoms with E-state index in [1.54, 1.807) is 11.0 Å². The maximum Gasteiger partial charge on any atom is 0.148 e. The molecule has 0 unspecified atom stereocenters. The molecule has 0 aromatic heterocycles. The van der Waals surface area contributed by atoms with Crippen LogP contribution in [0.15, 0.2) is 12.1 Å². The Morgan fingerprint density at radius 3 is 2.76 bits per heavy atom. The molecule has 0 bridgehead atoms. The van der Waals surface area contributed by atoms with E-state index in [0.717, 1.165) is 0 Å². The largest absolute Gasteiger partial charge is 0.495 e. The second-order valence-corrected chi connectivity index (χ2v) is 3.53. The lowest BCUT2D eigenvalue weighted by Crippen LogP contribution is -2.24. The van der Waals surface area contributed by atoms with Gasteiger partial charge in [0.2, 0.25) is 0 Å². The predicted molar refractivity (Wildman–Crippen MR) is 65.5 cm³/mol. The molecule has 0 spiro atoms. The highest BCUT2D eigenvalue weighted by atomic mass is 19.1. The summed E-state index contributed by atoms with van der Waals surface area (Å²) in [6.45, 7) is 3.00. The molecule has 0 saturated carbocycles. The molecule has 0 atom stereocenters. The van der Waals surface area contributed by atoms with E-state index in [0.29, 0.717) is 30.9 Å².